The summed E-state index contributed by atoms with van der Waals surface area (Å²) in [4.78, 5) is 31.2. The molecule has 0 radical (unpaired) electrons. The van der Waals surface area contributed by atoms with Gasteiger partial charge in [0.2, 0.25) is 0 Å². The number of benzene rings is 2. The number of aromatic nitrogens is 1. The molecule has 7 heteroatoms. The number of carbonyl (C=O) groups excluding carboxylic acids is 1. The molecule has 31 heavy (non-hydrogen) atoms. The van der Waals surface area contributed by atoms with E-state index >= 15 is 0 Å². The van der Waals surface area contributed by atoms with Crippen molar-refractivity contribution in [3.05, 3.63) is 89.1 Å². The summed E-state index contributed by atoms with van der Waals surface area (Å²) in [5.41, 5.74) is 2.69. The van der Waals surface area contributed by atoms with Crippen LogP contribution >= 0.6 is 11.8 Å². The average Bonchev–Trinajstić information content (AvgIpc) is 3.35. The lowest BCUT2D eigenvalue weighted by Gasteiger charge is -2.13. The van der Waals surface area contributed by atoms with Crippen molar-refractivity contribution in [3.63, 3.8) is 0 Å². The number of rotatable bonds is 6. The van der Waals surface area contributed by atoms with Gasteiger partial charge >= 0.3 is 5.97 Å². The zero-order valence-electron chi connectivity index (χ0n) is 16.9. The second kappa shape index (κ2) is 9.06. The smallest absolute Gasteiger partial charge is 0.335 e. The standard InChI is InChI=1S/C24H21N3O3S/c1-2-14-27-22(28)21(31-24(27)25-18-7-4-3-5-8-18)16-20-9-6-15-26(20)19-12-10-17(11-13-19)23(29)30/h3-13,15-16H,2,14H2,1H3,(H,29,30)/b21-16-,25-24?. The van der Waals surface area contributed by atoms with Crippen LogP contribution in [0.25, 0.3) is 11.8 Å². The van der Waals surface area contributed by atoms with Crippen LogP contribution in [0.1, 0.15) is 29.4 Å². The summed E-state index contributed by atoms with van der Waals surface area (Å²) < 4.78 is 1.92. The van der Waals surface area contributed by atoms with Gasteiger partial charge in [-0.3, -0.25) is 9.69 Å². The number of amides is 1. The number of carboxylic acids is 1. The van der Waals surface area contributed by atoms with Crippen LogP contribution < -0.4 is 0 Å². The summed E-state index contributed by atoms with van der Waals surface area (Å²) in [6.07, 6.45) is 4.57. The molecule has 6 nitrogen and oxygen atoms in total. The number of hydrogen-bond donors (Lipinski definition) is 1. The first-order valence-electron chi connectivity index (χ1n) is 9.93. The molecule has 0 unspecified atom stereocenters. The van der Waals surface area contributed by atoms with Crippen molar-refractivity contribution < 1.29 is 14.7 Å². The van der Waals surface area contributed by atoms with Crippen LogP contribution in [-0.2, 0) is 4.79 Å². The highest BCUT2D eigenvalue weighted by atomic mass is 32.2. The molecule has 1 saturated heterocycles. The van der Waals surface area contributed by atoms with Gasteiger partial charge in [0.1, 0.15) is 0 Å². The number of aliphatic imine (C=N–C) groups is 1. The lowest BCUT2D eigenvalue weighted by molar-refractivity contribution is -0.122. The van der Waals surface area contributed by atoms with Crippen molar-refractivity contribution in [2.75, 3.05) is 6.54 Å². The number of nitrogens with zero attached hydrogens (tertiary/aromatic N) is 3. The fraction of sp³-hybridized carbons (Fsp3) is 0.125. The highest BCUT2D eigenvalue weighted by Gasteiger charge is 2.33. The average molecular weight is 432 g/mol. The number of para-hydroxylation sites is 1. The van der Waals surface area contributed by atoms with Gasteiger partial charge in [-0.25, -0.2) is 9.79 Å². The van der Waals surface area contributed by atoms with E-state index in [1.807, 2.05) is 66.2 Å². The largest absolute Gasteiger partial charge is 0.478 e. The van der Waals surface area contributed by atoms with E-state index < -0.39 is 5.97 Å². The summed E-state index contributed by atoms with van der Waals surface area (Å²) in [7, 11) is 0. The monoisotopic (exact) mass is 431 g/mol. The number of carbonyl (C=O) groups is 2. The van der Waals surface area contributed by atoms with Crippen LogP contribution in [0, 0.1) is 0 Å². The Hall–Kier alpha value is -3.58. The topological polar surface area (TPSA) is 74.9 Å². The Morgan fingerprint density at radius 3 is 2.48 bits per heavy atom. The molecule has 4 rings (SSSR count). The number of hydrogen-bond acceptors (Lipinski definition) is 4. The molecule has 3 aromatic rings. The summed E-state index contributed by atoms with van der Waals surface area (Å²) in [5, 5.41) is 9.78. The van der Waals surface area contributed by atoms with Crippen molar-refractivity contribution in [2.45, 2.75) is 13.3 Å². The summed E-state index contributed by atoms with van der Waals surface area (Å²) >= 11 is 1.37. The third-order valence-corrected chi connectivity index (χ3v) is 5.77. The van der Waals surface area contributed by atoms with Crippen molar-refractivity contribution >= 4 is 40.6 Å². The Morgan fingerprint density at radius 1 is 1.06 bits per heavy atom. The molecule has 2 heterocycles. The van der Waals surface area contributed by atoms with Crippen molar-refractivity contribution in [1.29, 1.82) is 0 Å². The summed E-state index contributed by atoms with van der Waals surface area (Å²) in [6, 6.07) is 20.0. The lowest BCUT2D eigenvalue weighted by Crippen LogP contribution is -2.29. The number of thioether (sulfide) groups is 1. The number of carboxylic acid groups (broad SMARTS) is 1. The molecular formula is C24H21N3O3S. The van der Waals surface area contributed by atoms with Gasteiger partial charge in [0.15, 0.2) is 5.17 Å². The molecule has 2 aromatic carbocycles. The van der Waals surface area contributed by atoms with E-state index in [1.54, 1.807) is 29.2 Å². The molecule has 0 spiro atoms. The van der Waals surface area contributed by atoms with E-state index in [0.29, 0.717) is 16.6 Å². The van der Waals surface area contributed by atoms with Crippen LogP contribution in [0.3, 0.4) is 0 Å². The van der Waals surface area contributed by atoms with Gasteiger partial charge in [0.25, 0.3) is 5.91 Å². The van der Waals surface area contributed by atoms with Gasteiger partial charge in [0.05, 0.1) is 16.2 Å². The van der Waals surface area contributed by atoms with Crippen LogP contribution in [0.4, 0.5) is 5.69 Å². The molecule has 0 atom stereocenters. The zero-order chi connectivity index (χ0) is 21.8. The van der Waals surface area contributed by atoms with Crippen LogP contribution in [0.5, 0.6) is 0 Å². The third kappa shape index (κ3) is 4.46. The van der Waals surface area contributed by atoms with E-state index in [0.717, 1.165) is 23.5 Å². The molecule has 0 bridgehead atoms. The Morgan fingerprint density at radius 2 is 1.81 bits per heavy atom. The van der Waals surface area contributed by atoms with E-state index in [4.69, 9.17) is 5.11 Å². The molecule has 1 aromatic heterocycles. The van der Waals surface area contributed by atoms with Crippen molar-refractivity contribution in [2.24, 2.45) is 4.99 Å². The highest BCUT2D eigenvalue weighted by molar-refractivity contribution is 8.18. The summed E-state index contributed by atoms with van der Waals surface area (Å²) in [6.45, 7) is 2.64. The molecule has 156 valence electrons. The van der Waals surface area contributed by atoms with Gasteiger partial charge in [-0.1, -0.05) is 25.1 Å². The fourth-order valence-corrected chi connectivity index (χ4v) is 4.28. The maximum absolute atomic E-state index is 13.1. The highest BCUT2D eigenvalue weighted by Crippen LogP contribution is 2.34. The first-order chi connectivity index (χ1) is 15.1. The van der Waals surface area contributed by atoms with Crippen LogP contribution in [0.2, 0.25) is 0 Å². The Bertz CT molecular complexity index is 1160. The van der Waals surface area contributed by atoms with E-state index in [1.165, 1.54) is 11.8 Å². The minimum absolute atomic E-state index is 0.0597. The fourth-order valence-electron chi connectivity index (χ4n) is 3.27. The van der Waals surface area contributed by atoms with Crippen LogP contribution in [-0.4, -0.2) is 38.2 Å². The molecule has 1 fully saturated rings. The zero-order valence-corrected chi connectivity index (χ0v) is 17.7. The maximum Gasteiger partial charge on any atom is 0.335 e. The quantitative estimate of drug-likeness (QED) is 0.545. The van der Waals surface area contributed by atoms with Crippen LogP contribution in [0.15, 0.2) is 82.8 Å². The maximum atomic E-state index is 13.1. The van der Waals surface area contributed by atoms with Gasteiger partial charge in [0, 0.05) is 24.1 Å². The minimum atomic E-state index is -0.962. The second-order valence-corrected chi connectivity index (χ2v) is 7.96. The first kappa shape index (κ1) is 20.7. The minimum Gasteiger partial charge on any atom is -0.478 e. The normalized spacial score (nSPS) is 16.4. The molecule has 1 N–H and O–H groups in total. The Labute approximate surface area is 184 Å². The van der Waals surface area contributed by atoms with Crippen molar-refractivity contribution in [1.82, 2.24) is 9.47 Å². The van der Waals surface area contributed by atoms with E-state index in [2.05, 4.69) is 4.99 Å². The molecular weight excluding hydrogens is 410 g/mol. The van der Waals surface area contributed by atoms with Gasteiger partial charge in [-0.15, -0.1) is 0 Å². The van der Waals surface area contributed by atoms with Gasteiger partial charge in [-0.2, -0.15) is 0 Å². The number of amidine groups is 1. The molecule has 0 aliphatic carbocycles. The molecule has 1 aliphatic rings. The first-order valence-corrected chi connectivity index (χ1v) is 10.7. The van der Waals surface area contributed by atoms with Crippen molar-refractivity contribution in [3.8, 4) is 5.69 Å². The van der Waals surface area contributed by atoms with E-state index in [9.17, 15) is 9.59 Å². The number of aromatic carboxylic acids is 1. The SMILES string of the molecule is CCCN1C(=O)/C(=C/c2cccn2-c2ccc(C(=O)O)cc2)SC1=Nc1ccccc1. The Kier molecular flexibility index (Phi) is 6.04. The predicted octanol–water partition coefficient (Wildman–Crippen LogP) is 5.19. The van der Waals surface area contributed by atoms with Gasteiger partial charge < -0.3 is 9.67 Å². The Balaban J connectivity index is 1.66. The molecule has 0 saturated carbocycles. The third-order valence-electron chi connectivity index (χ3n) is 4.77. The lowest BCUT2D eigenvalue weighted by atomic mass is 10.2. The molecule has 1 aliphatic heterocycles. The summed E-state index contributed by atoms with van der Waals surface area (Å²) in [5.74, 6) is -1.02. The van der Waals surface area contributed by atoms with E-state index in [-0.39, 0.29) is 11.5 Å². The second-order valence-electron chi connectivity index (χ2n) is 6.95. The molecule has 1 amide bonds. The van der Waals surface area contributed by atoms with Gasteiger partial charge in [-0.05, 0) is 72.8 Å². The predicted molar refractivity (Wildman–Crippen MR) is 124 cm³/mol.